The number of para-hydroxylation sites is 1. The number of pyridine rings is 1. The van der Waals surface area contributed by atoms with E-state index in [1.54, 1.807) is 37.6 Å². The van der Waals surface area contributed by atoms with E-state index >= 15 is 0 Å². The molecule has 1 aromatic heterocycles. The van der Waals surface area contributed by atoms with Crippen LogP contribution < -0.4 is 20.1 Å². The maximum Gasteiger partial charge on any atom is 0.257 e. The number of carbonyl (C=O) groups excluding carboxylic acids is 1. The third kappa shape index (κ3) is 4.72. The van der Waals surface area contributed by atoms with E-state index in [-0.39, 0.29) is 5.91 Å². The highest BCUT2D eigenvalue weighted by atomic mass is 35.5. The van der Waals surface area contributed by atoms with Crippen molar-refractivity contribution < 1.29 is 14.3 Å². The van der Waals surface area contributed by atoms with Crippen molar-refractivity contribution in [3.63, 3.8) is 0 Å². The van der Waals surface area contributed by atoms with E-state index in [1.807, 2.05) is 24.3 Å². The lowest BCUT2D eigenvalue weighted by Crippen LogP contribution is -2.13. The summed E-state index contributed by atoms with van der Waals surface area (Å²) in [5.41, 5.74) is 2.62. The zero-order valence-electron chi connectivity index (χ0n) is 15.5. The molecule has 7 heteroatoms. The van der Waals surface area contributed by atoms with E-state index in [4.69, 9.17) is 21.1 Å². The summed E-state index contributed by atoms with van der Waals surface area (Å²) in [6, 6.07) is 14.5. The van der Waals surface area contributed by atoms with Crippen LogP contribution in [0, 0.1) is 0 Å². The Kier molecular flexibility index (Phi) is 6.34. The predicted octanol–water partition coefficient (Wildman–Crippen LogP) is 4.62. The second kappa shape index (κ2) is 9.10. The number of hydrogen-bond donors (Lipinski definition) is 2. The number of amides is 1. The fourth-order valence-electron chi connectivity index (χ4n) is 2.68. The third-order valence-electron chi connectivity index (χ3n) is 4.09. The smallest absolute Gasteiger partial charge is 0.257 e. The Bertz CT molecular complexity index is 979. The summed E-state index contributed by atoms with van der Waals surface area (Å²) >= 11 is 6.01. The molecule has 2 N–H and O–H groups in total. The van der Waals surface area contributed by atoms with E-state index in [0.29, 0.717) is 28.6 Å². The molecule has 0 radical (unpaired) electrons. The molecule has 28 heavy (non-hydrogen) atoms. The molecule has 0 saturated carbocycles. The fourth-order valence-corrected chi connectivity index (χ4v) is 2.85. The van der Waals surface area contributed by atoms with Crippen LogP contribution >= 0.6 is 11.6 Å². The molecule has 0 bridgehead atoms. The first-order valence-corrected chi connectivity index (χ1v) is 8.94. The van der Waals surface area contributed by atoms with Gasteiger partial charge in [-0.3, -0.25) is 9.78 Å². The van der Waals surface area contributed by atoms with Crippen molar-refractivity contribution >= 4 is 28.9 Å². The number of carbonyl (C=O) groups is 1. The maximum absolute atomic E-state index is 12.6. The predicted molar refractivity (Wildman–Crippen MR) is 111 cm³/mol. The standard InChI is InChI=1S/C21H20ClN3O3/c1-27-19-6-4-3-5-14(19)12-24-17-9-15(11-23-13-17)21(26)25-18-10-16(22)7-8-20(18)28-2/h3-11,13,24H,12H2,1-2H3,(H,25,26). The first-order valence-electron chi connectivity index (χ1n) is 8.56. The first kappa shape index (κ1) is 19.5. The minimum atomic E-state index is -0.311. The van der Waals surface area contributed by atoms with Crippen LogP contribution in [0.15, 0.2) is 60.9 Å². The lowest BCUT2D eigenvalue weighted by atomic mass is 10.2. The molecule has 3 rings (SSSR count). The number of halogens is 1. The van der Waals surface area contributed by atoms with Gasteiger partial charge in [0.1, 0.15) is 11.5 Å². The maximum atomic E-state index is 12.6. The van der Waals surface area contributed by atoms with Crippen molar-refractivity contribution in [1.29, 1.82) is 0 Å². The molecule has 0 aliphatic heterocycles. The number of nitrogens with one attached hydrogen (secondary N) is 2. The molecule has 144 valence electrons. The van der Waals surface area contributed by atoms with Crippen molar-refractivity contribution in [2.24, 2.45) is 0 Å². The number of hydrogen-bond acceptors (Lipinski definition) is 5. The normalized spacial score (nSPS) is 10.2. The summed E-state index contributed by atoms with van der Waals surface area (Å²) in [7, 11) is 3.16. The topological polar surface area (TPSA) is 72.5 Å². The van der Waals surface area contributed by atoms with Crippen LogP contribution in [0.3, 0.4) is 0 Å². The molecule has 0 fully saturated rings. The van der Waals surface area contributed by atoms with Crippen molar-refractivity contribution in [2.45, 2.75) is 6.54 Å². The molecule has 0 spiro atoms. The van der Waals surface area contributed by atoms with Gasteiger partial charge in [-0.05, 0) is 30.3 Å². The Hall–Kier alpha value is -3.25. The lowest BCUT2D eigenvalue weighted by Gasteiger charge is -2.12. The monoisotopic (exact) mass is 397 g/mol. The van der Waals surface area contributed by atoms with Crippen LogP contribution in [-0.2, 0) is 6.54 Å². The zero-order valence-corrected chi connectivity index (χ0v) is 16.3. The Morgan fingerprint density at radius 3 is 2.61 bits per heavy atom. The first-order chi connectivity index (χ1) is 13.6. The van der Waals surface area contributed by atoms with Gasteiger partial charge in [0.2, 0.25) is 0 Å². The summed E-state index contributed by atoms with van der Waals surface area (Å²) < 4.78 is 10.6. The van der Waals surface area contributed by atoms with Gasteiger partial charge in [-0.25, -0.2) is 0 Å². The minimum absolute atomic E-state index is 0.311. The molecule has 1 heterocycles. The van der Waals surface area contributed by atoms with Gasteiger partial charge < -0.3 is 20.1 Å². The molecule has 6 nitrogen and oxygen atoms in total. The van der Waals surface area contributed by atoms with Gasteiger partial charge in [0, 0.05) is 29.5 Å². The van der Waals surface area contributed by atoms with E-state index < -0.39 is 0 Å². The number of ether oxygens (including phenoxy) is 2. The minimum Gasteiger partial charge on any atom is -0.496 e. The van der Waals surface area contributed by atoms with Crippen molar-refractivity contribution in [2.75, 3.05) is 24.9 Å². The van der Waals surface area contributed by atoms with Gasteiger partial charge in [-0.1, -0.05) is 29.8 Å². The molecule has 2 aromatic carbocycles. The molecule has 0 aliphatic rings. The fraction of sp³-hybridized carbons (Fsp3) is 0.143. The summed E-state index contributed by atoms with van der Waals surface area (Å²) in [4.78, 5) is 16.8. The molecule has 0 atom stereocenters. The molecular weight excluding hydrogens is 378 g/mol. The van der Waals surface area contributed by atoms with Gasteiger partial charge in [0.05, 0.1) is 31.2 Å². The molecular formula is C21H20ClN3O3. The number of anilines is 2. The number of benzene rings is 2. The lowest BCUT2D eigenvalue weighted by molar-refractivity contribution is 0.102. The summed E-state index contributed by atoms with van der Waals surface area (Å²) in [6.07, 6.45) is 3.16. The second-order valence-electron chi connectivity index (χ2n) is 5.93. The van der Waals surface area contributed by atoms with E-state index in [0.717, 1.165) is 17.0 Å². The van der Waals surface area contributed by atoms with Crippen molar-refractivity contribution in [3.05, 3.63) is 77.1 Å². The van der Waals surface area contributed by atoms with Crippen LogP contribution in [0.5, 0.6) is 11.5 Å². The SMILES string of the molecule is COc1ccccc1CNc1cncc(C(=O)Nc2cc(Cl)ccc2OC)c1. The molecule has 3 aromatic rings. The van der Waals surface area contributed by atoms with Gasteiger partial charge in [0.25, 0.3) is 5.91 Å². The Labute approximate surface area is 168 Å². The van der Waals surface area contributed by atoms with Crippen LogP contribution in [-0.4, -0.2) is 25.1 Å². The average Bonchev–Trinajstić information content (AvgIpc) is 2.73. The largest absolute Gasteiger partial charge is 0.496 e. The van der Waals surface area contributed by atoms with E-state index in [2.05, 4.69) is 15.6 Å². The van der Waals surface area contributed by atoms with Crippen LogP contribution in [0.25, 0.3) is 0 Å². The zero-order chi connectivity index (χ0) is 19.9. The van der Waals surface area contributed by atoms with E-state index in [1.165, 1.54) is 13.3 Å². The summed E-state index contributed by atoms with van der Waals surface area (Å²) in [5.74, 6) is 1.01. The number of aromatic nitrogens is 1. The highest BCUT2D eigenvalue weighted by Gasteiger charge is 2.12. The number of methoxy groups -OCH3 is 2. The van der Waals surface area contributed by atoms with Gasteiger partial charge in [-0.15, -0.1) is 0 Å². The highest BCUT2D eigenvalue weighted by Crippen LogP contribution is 2.28. The van der Waals surface area contributed by atoms with Crippen LogP contribution in [0.1, 0.15) is 15.9 Å². The molecule has 0 saturated heterocycles. The third-order valence-corrected chi connectivity index (χ3v) is 4.32. The Morgan fingerprint density at radius 1 is 1.04 bits per heavy atom. The van der Waals surface area contributed by atoms with Crippen molar-refractivity contribution in [1.82, 2.24) is 4.98 Å². The second-order valence-corrected chi connectivity index (χ2v) is 6.36. The van der Waals surface area contributed by atoms with E-state index in [9.17, 15) is 4.79 Å². The molecule has 0 aliphatic carbocycles. The summed E-state index contributed by atoms with van der Waals surface area (Å²) in [5, 5.41) is 6.56. The Balaban J connectivity index is 1.72. The molecule has 0 unspecified atom stereocenters. The average molecular weight is 398 g/mol. The van der Waals surface area contributed by atoms with Crippen molar-refractivity contribution in [3.8, 4) is 11.5 Å². The quantitative estimate of drug-likeness (QED) is 0.608. The molecule has 1 amide bonds. The highest BCUT2D eigenvalue weighted by molar-refractivity contribution is 6.31. The summed E-state index contributed by atoms with van der Waals surface area (Å²) in [6.45, 7) is 0.541. The van der Waals surface area contributed by atoms with Gasteiger partial charge >= 0.3 is 0 Å². The number of rotatable bonds is 7. The van der Waals surface area contributed by atoms with Crippen LogP contribution in [0.4, 0.5) is 11.4 Å². The van der Waals surface area contributed by atoms with Crippen LogP contribution in [0.2, 0.25) is 5.02 Å². The van der Waals surface area contributed by atoms with Gasteiger partial charge in [0.15, 0.2) is 0 Å². The Morgan fingerprint density at radius 2 is 1.82 bits per heavy atom. The van der Waals surface area contributed by atoms with Gasteiger partial charge in [-0.2, -0.15) is 0 Å². The number of nitrogens with zero attached hydrogens (tertiary/aromatic N) is 1.